The fourth-order valence-electron chi connectivity index (χ4n) is 0.813. The zero-order chi connectivity index (χ0) is 12.2. The van der Waals surface area contributed by atoms with Gasteiger partial charge in [0.15, 0.2) is 5.03 Å². The third-order valence-electron chi connectivity index (χ3n) is 1.86. The largest absolute Gasteiger partial charge is 0.478 e. The minimum atomic E-state index is -2.57. The summed E-state index contributed by atoms with van der Waals surface area (Å²) in [7, 11) is 0. The maximum absolute atomic E-state index is 10.5. The number of nitro groups is 3. The van der Waals surface area contributed by atoms with Crippen LogP contribution in [-0.2, 0) is 0 Å². The molecule has 0 aliphatic rings. The fraction of sp³-hybridized carbons (Fsp3) is 1.00. The molecule has 10 heteroatoms. The van der Waals surface area contributed by atoms with E-state index in [9.17, 15) is 30.3 Å². The van der Waals surface area contributed by atoms with Gasteiger partial charge in [-0.2, -0.15) is 0 Å². The van der Waals surface area contributed by atoms with E-state index in [-0.39, 0.29) is 6.54 Å². The lowest BCUT2D eigenvalue weighted by Gasteiger charge is -2.16. The molecule has 10 nitrogen and oxygen atoms in total. The van der Waals surface area contributed by atoms with E-state index in [1.807, 2.05) is 0 Å². The maximum atomic E-state index is 10.5. The Balaban J connectivity index is 4.91. The summed E-state index contributed by atoms with van der Waals surface area (Å²) in [5.74, 6) is 0. The van der Waals surface area contributed by atoms with Crippen LogP contribution in [-0.4, -0.2) is 38.6 Å². The van der Waals surface area contributed by atoms with Gasteiger partial charge in [0.1, 0.15) is 9.85 Å². The molecule has 86 valence electrons. The van der Waals surface area contributed by atoms with E-state index in [1.54, 1.807) is 0 Å². The molecule has 0 amide bonds. The second-order valence-electron chi connectivity index (χ2n) is 2.95. The highest BCUT2D eigenvalue weighted by Gasteiger charge is 2.54. The van der Waals surface area contributed by atoms with Crippen molar-refractivity contribution in [2.75, 3.05) is 13.1 Å². The van der Waals surface area contributed by atoms with Gasteiger partial charge in [0.2, 0.25) is 6.54 Å². The van der Waals surface area contributed by atoms with Crippen molar-refractivity contribution in [3.8, 4) is 0 Å². The van der Waals surface area contributed by atoms with Crippen LogP contribution in [0.5, 0.6) is 0 Å². The Bertz CT molecular complexity index is 277. The van der Waals surface area contributed by atoms with Crippen molar-refractivity contribution in [3.63, 3.8) is 0 Å². The summed E-state index contributed by atoms with van der Waals surface area (Å²) in [6.07, 6.45) is 0. The summed E-state index contributed by atoms with van der Waals surface area (Å²) in [5.41, 5.74) is -2.57. The van der Waals surface area contributed by atoms with E-state index in [2.05, 4.69) is 0 Å². The number of hydrogen-bond acceptors (Lipinski definition) is 6. The average Bonchev–Trinajstić information content (AvgIpc) is 2.12. The molecule has 0 rings (SSSR count). The van der Waals surface area contributed by atoms with Crippen LogP contribution in [0.1, 0.15) is 13.8 Å². The summed E-state index contributed by atoms with van der Waals surface area (Å²) in [4.78, 5) is 29.0. The van der Waals surface area contributed by atoms with Gasteiger partial charge in [0.25, 0.3) is 0 Å². The second kappa shape index (κ2) is 4.48. The van der Waals surface area contributed by atoms with Crippen LogP contribution < -0.4 is 0 Å². The Kier molecular flexibility index (Phi) is 3.88. The van der Waals surface area contributed by atoms with Crippen molar-refractivity contribution in [1.82, 2.24) is 5.01 Å². The lowest BCUT2D eigenvalue weighted by atomic mass is 10.2. The summed E-state index contributed by atoms with van der Waals surface area (Å²) in [5, 5.41) is 30.8. The molecule has 15 heavy (non-hydrogen) atoms. The summed E-state index contributed by atoms with van der Waals surface area (Å²) in [6, 6.07) is 0. The van der Waals surface area contributed by atoms with E-state index in [0.29, 0.717) is 5.01 Å². The highest BCUT2D eigenvalue weighted by atomic mass is 16.7. The van der Waals surface area contributed by atoms with E-state index < -0.39 is 27.1 Å². The average molecular weight is 222 g/mol. The predicted molar refractivity (Wildman–Crippen MR) is 46.6 cm³/mol. The van der Waals surface area contributed by atoms with Crippen molar-refractivity contribution in [2.45, 2.75) is 19.5 Å². The lowest BCUT2D eigenvalue weighted by molar-refractivity contribution is -0.805. The van der Waals surface area contributed by atoms with Crippen molar-refractivity contribution in [3.05, 3.63) is 30.3 Å². The third-order valence-corrected chi connectivity index (χ3v) is 1.86. The number of hydrogen-bond donors (Lipinski definition) is 0. The second-order valence-corrected chi connectivity index (χ2v) is 2.95. The molecular formula is C5H10N4O6. The Hall–Kier alpha value is -2.00. The summed E-state index contributed by atoms with van der Waals surface area (Å²) < 4.78 is 0. The number of nitrogens with zero attached hydrogens (tertiary/aromatic N) is 4. The van der Waals surface area contributed by atoms with Gasteiger partial charge in [-0.05, 0) is 6.92 Å². The summed E-state index contributed by atoms with van der Waals surface area (Å²) >= 11 is 0. The van der Waals surface area contributed by atoms with Gasteiger partial charge in [-0.25, -0.2) is 10.1 Å². The number of hydrazine groups is 1. The molecule has 0 heterocycles. The highest BCUT2D eigenvalue weighted by Crippen LogP contribution is 2.12. The van der Waals surface area contributed by atoms with Crippen LogP contribution in [0.25, 0.3) is 0 Å². The van der Waals surface area contributed by atoms with Crippen LogP contribution in [0, 0.1) is 30.3 Å². The lowest BCUT2D eigenvalue weighted by Crippen LogP contribution is -2.53. The van der Waals surface area contributed by atoms with Gasteiger partial charge in [-0.3, -0.25) is 20.2 Å². The monoisotopic (exact) mass is 222 g/mol. The number of rotatable bonds is 6. The highest BCUT2D eigenvalue weighted by molar-refractivity contribution is 4.62. The fourth-order valence-corrected chi connectivity index (χ4v) is 0.813. The predicted octanol–water partition coefficient (Wildman–Crippen LogP) is -0.230. The van der Waals surface area contributed by atoms with Crippen molar-refractivity contribution >= 4 is 0 Å². The van der Waals surface area contributed by atoms with Crippen molar-refractivity contribution in [1.29, 1.82) is 0 Å². The molecule has 0 bridgehead atoms. The molecule has 0 aromatic rings. The molecule has 0 N–H and O–H groups in total. The van der Waals surface area contributed by atoms with E-state index >= 15 is 0 Å². The molecule has 0 radical (unpaired) electrons. The first-order chi connectivity index (χ1) is 6.75. The quantitative estimate of drug-likeness (QED) is 0.344. The molecule has 0 saturated carbocycles. The molecule has 0 saturated heterocycles. The van der Waals surface area contributed by atoms with Gasteiger partial charge in [0, 0.05) is 0 Å². The van der Waals surface area contributed by atoms with Crippen molar-refractivity contribution in [2.24, 2.45) is 0 Å². The SMILES string of the molecule is CCN(CC(C)([N+](=O)[O-])[N+](=O)[O-])[N+](=O)[O-]. The van der Waals surface area contributed by atoms with E-state index in [0.717, 1.165) is 6.92 Å². The van der Waals surface area contributed by atoms with Crippen molar-refractivity contribution < 1.29 is 14.9 Å². The van der Waals surface area contributed by atoms with E-state index in [1.165, 1.54) is 6.92 Å². The van der Waals surface area contributed by atoms with Crippen LogP contribution in [0.3, 0.4) is 0 Å². The van der Waals surface area contributed by atoms with Crippen LogP contribution in [0.15, 0.2) is 0 Å². The van der Waals surface area contributed by atoms with Crippen LogP contribution in [0.4, 0.5) is 0 Å². The standard InChI is InChI=1S/C5H10N4O6/c1-3-6(9(14)15)4-5(2,7(10)11)8(12)13/h3-4H2,1-2H3. The zero-order valence-electron chi connectivity index (χ0n) is 8.15. The first-order valence-corrected chi connectivity index (χ1v) is 3.94. The molecule has 0 aromatic heterocycles. The van der Waals surface area contributed by atoms with Gasteiger partial charge in [-0.1, -0.05) is 0 Å². The minimum absolute atomic E-state index is 0.149. The number of likely N-dealkylation sites (N-methyl/N-ethyl adjacent to an activating group) is 1. The van der Waals surface area contributed by atoms with Crippen LogP contribution >= 0.6 is 0 Å². The van der Waals surface area contributed by atoms with Gasteiger partial charge < -0.3 is 0 Å². The van der Waals surface area contributed by atoms with Gasteiger partial charge in [0.05, 0.1) is 13.5 Å². The Morgan fingerprint density at radius 3 is 1.73 bits per heavy atom. The Labute approximate surface area is 83.9 Å². The summed E-state index contributed by atoms with van der Waals surface area (Å²) in [6.45, 7) is 1.09. The molecule has 0 fully saturated rings. The smallest absolute Gasteiger partial charge is 0.258 e. The minimum Gasteiger partial charge on any atom is -0.258 e. The topological polar surface area (TPSA) is 133 Å². The zero-order valence-corrected chi connectivity index (χ0v) is 8.15. The third kappa shape index (κ3) is 2.72. The molecular weight excluding hydrogens is 212 g/mol. The first kappa shape index (κ1) is 13.0. The Morgan fingerprint density at radius 2 is 1.53 bits per heavy atom. The molecule has 0 aliphatic carbocycles. The van der Waals surface area contributed by atoms with Crippen LogP contribution in [0.2, 0.25) is 0 Å². The molecule has 0 aliphatic heterocycles. The normalized spacial score (nSPS) is 10.8. The molecule has 0 aromatic carbocycles. The van der Waals surface area contributed by atoms with E-state index in [4.69, 9.17) is 0 Å². The Morgan fingerprint density at radius 1 is 1.13 bits per heavy atom. The van der Waals surface area contributed by atoms with Gasteiger partial charge >= 0.3 is 5.66 Å². The maximum Gasteiger partial charge on any atom is 0.478 e. The molecule has 0 spiro atoms. The molecule has 0 unspecified atom stereocenters. The molecule has 0 atom stereocenters. The van der Waals surface area contributed by atoms with Gasteiger partial charge in [-0.15, -0.1) is 5.01 Å². The first-order valence-electron chi connectivity index (χ1n) is 3.94.